The van der Waals surface area contributed by atoms with Crippen LogP contribution >= 0.6 is 0 Å². The molecule has 0 radical (unpaired) electrons. The molecule has 7 nitrogen and oxygen atoms in total. The molecule has 0 aromatic heterocycles. The van der Waals surface area contributed by atoms with Gasteiger partial charge in [0.15, 0.2) is 0 Å². The summed E-state index contributed by atoms with van der Waals surface area (Å²) < 4.78 is 32.5. The molecule has 0 bridgehead atoms. The Morgan fingerprint density at radius 3 is 2.40 bits per heavy atom. The summed E-state index contributed by atoms with van der Waals surface area (Å²) >= 11 is 0. The van der Waals surface area contributed by atoms with Crippen molar-refractivity contribution in [2.24, 2.45) is 0 Å². The van der Waals surface area contributed by atoms with Gasteiger partial charge in [-0.2, -0.15) is 4.31 Å². The monoisotopic (exact) mass is 437 g/mol. The maximum atomic E-state index is 12.6. The molecule has 2 saturated heterocycles. The lowest BCUT2D eigenvalue weighted by atomic mass is 10.1. The number of ether oxygens (including phenoxy) is 1. The third-order valence-corrected chi connectivity index (χ3v) is 7.98. The number of rotatable bonds is 9. The Morgan fingerprint density at radius 1 is 1.07 bits per heavy atom. The molecule has 2 fully saturated rings. The van der Waals surface area contributed by atoms with Crippen molar-refractivity contribution in [3.05, 3.63) is 35.9 Å². The van der Waals surface area contributed by atoms with Gasteiger partial charge in [0.05, 0.1) is 11.8 Å². The molecule has 1 aromatic carbocycles. The minimum atomic E-state index is -3.18. The third-order valence-electron chi connectivity index (χ3n) is 6.02. The molecule has 0 aliphatic carbocycles. The highest BCUT2D eigenvalue weighted by molar-refractivity contribution is 7.89. The first kappa shape index (κ1) is 23.2. The van der Waals surface area contributed by atoms with Gasteiger partial charge in [0.2, 0.25) is 10.0 Å². The largest absolute Gasteiger partial charge is 0.459 e. The molecule has 1 aromatic rings. The topological polar surface area (TPSA) is 70.2 Å². The van der Waals surface area contributed by atoms with Crippen LogP contribution in [-0.2, 0) is 26.1 Å². The van der Waals surface area contributed by atoms with Gasteiger partial charge < -0.3 is 4.74 Å². The molecule has 0 spiro atoms. The summed E-state index contributed by atoms with van der Waals surface area (Å²) in [6.45, 7) is 8.24. The number of benzene rings is 1. The fourth-order valence-corrected chi connectivity index (χ4v) is 6.01. The van der Waals surface area contributed by atoms with Gasteiger partial charge in [-0.15, -0.1) is 0 Å². The molecule has 0 N–H and O–H groups in total. The molecule has 8 heteroatoms. The average molecular weight is 438 g/mol. The number of hydrogen-bond acceptors (Lipinski definition) is 6. The van der Waals surface area contributed by atoms with Gasteiger partial charge in [0.25, 0.3) is 0 Å². The molecule has 0 unspecified atom stereocenters. The summed E-state index contributed by atoms with van der Waals surface area (Å²) in [6, 6.07) is 10.4. The van der Waals surface area contributed by atoms with E-state index in [0.717, 1.165) is 32.4 Å². The molecule has 30 heavy (non-hydrogen) atoms. The van der Waals surface area contributed by atoms with Crippen LogP contribution < -0.4 is 0 Å². The van der Waals surface area contributed by atoms with Gasteiger partial charge in [-0.05, 0) is 12.0 Å². The molecular formula is C22H35N3O4S. The summed E-state index contributed by atoms with van der Waals surface area (Å²) in [5.41, 5.74) is 1.24. The van der Waals surface area contributed by atoms with Gasteiger partial charge in [0, 0.05) is 52.7 Å². The Labute approximate surface area is 181 Å². The van der Waals surface area contributed by atoms with Crippen LogP contribution in [-0.4, -0.2) is 85.7 Å². The number of likely N-dealkylation sites (tertiary alicyclic amines) is 1. The zero-order valence-electron chi connectivity index (χ0n) is 18.2. The smallest absolute Gasteiger partial charge is 0.303 e. The predicted molar refractivity (Wildman–Crippen MR) is 118 cm³/mol. The van der Waals surface area contributed by atoms with Crippen molar-refractivity contribution in [1.29, 1.82) is 0 Å². The van der Waals surface area contributed by atoms with Crippen LogP contribution in [0.15, 0.2) is 30.3 Å². The highest BCUT2D eigenvalue weighted by atomic mass is 32.2. The van der Waals surface area contributed by atoms with E-state index >= 15 is 0 Å². The predicted octanol–water partition coefficient (Wildman–Crippen LogP) is 1.94. The fraction of sp³-hybridized carbons (Fsp3) is 0.682. The summed E-state index contributed by atoms with van der Waals surface area (Å²) in [4.78, 5) is 16.3. The molecule has 2 heterocycles. The Balaban J connectivity index is 1.58. The third kappa shape index (κ3) is 6.26. The van der Waals surface area contributed by atoms with E-state index in [0.29, 0.717) is 32.7 Å². The second kappa shape index (κ2) is 10.7. The van der Waals surface area contributed by atoms with E-state index in [1.54, 1.807) is 4.31 Å². The van der Waals surface area contributed by atoms with E-state index in [-0.39, 0.29) is 23.9 Å². The maximum Gasteiger partial charge on any atom is 0.303 e. The molecule has 2 aliphatic heterocycles. The Morgan fingerprint density at radius 2 is 1.77 bits per heavy atom. The Bertz CT molecular complexity index is 779. The Kier molecular flexibility index (Phi) is 8.27. The summed E-state index contributed by atoms with van der Waals surface area (Å²) in [6.07, 6.45) is 2.51. The minimum absolute atomic E-state index is 0.0996. The van der Waals surface area contributed by atoms with E-state index < -0.39 is 10.0 Å². The SMILES string of the molecule is CCCCCS(=O)(=O)N1CCN([C@@H]2CN(Cc3ccccc3)C[C@H]2OC(C)=O)CC1. The molecule has 2 aliphatic rings. The van der Waals surface area contributed by atoms with Crippen LogP contribution in [0.25, 0.3) is 0 Å². The molecule has 0 amide bonds. The van der Waals surface area contributed by atoms with Crippen LogP contribution in [0.3, 0.4) is 0 Å². The van der Waals surface area contributed by atoms with Crippen molar-refractivity contribution in [3.8, 4) is 0 Å². The highest BCUT2D eigenvalue weighted by Gasteiger charge is 2.40. The molecule has 168 valence electrons. The highest BCUT2D eigenvalue weighted by Crippen LogP contribution is 2.23. The maximum absolute atomic E-state index is 12.6. The van der Waals surface area contributed by atoms with Gasteiger partial charge in [0.1, 0.15) is 6.10 Å². The number of unbranched alkanes of at least 4 members (excludes halogenated alkanes) is 2. The lowest BCUT2D eigenvalue weighted by Crippen LogP contribution is -2.55. The molecule has 0 saturated carbocycles. The fourth-order valence-electron chi connectivity index (χ4n) is 4.46. The van der Waals surface area contributed by atoms with Crippen molar-refractivity contribution >= 4 is 16.0 Å². The Hall–Kier alpha value is -1.48. The first-order chi connectivity index (χ1) is 14.4. The summed E-state index contributed by atoms with van der Waals surface area (Å²) in [7, 11) is -3.18. The second-order valence-electron chi connectivity index (χ2n) is 8.35. The number of piperazine rings is 1. The minimum Gasteiger partial charge on any atom is -0.459 e. The average Bonchev–Trinajstić information content (AvgIpc) is 3.10. The van der Waals surface area contributed by atoms with Crippen molar-refractivity contribution in [1.82, 2.24) is 14.1 Å². The number of esters is 1. The first-order valence-electron chi connectivity index (χ1n) is 11.0. The van der Waals surface area contributed by atoms with Gasteiger partial charge >= 0.3 is 5.97 Å². The van der Waals surface area contributed by atoms with Crippen molar-refractivity contribution < 1.29 is 17.9 Å². The van der Waals surface area contributed by atoms with E-state index in [9.17, 15) is 13.2 Å². The van der Waals surface area contributed by atoms with E-state index in [2.05, 4.69) is 28.9 Å². The molecule has 3 rings (SSSR count). The molecule has 2 atom stereocenters. The van der Waals surface area contributed by atoms with Crippen LogP contribution in [0.2, 0.25) is 0 Å². The molecular weight excluding hydrogens is 402 g/mol. The van der Waals surface area contributed by atoms with Crippen molar-refractivity contribution in [2.75, 3.05) is 45.0 Å². The zero-order valence-corrected chi connectivity index (χ0v) is 19.0. The van der Waals surface area contributed by atoms with Gasteiger partial charge in [-0.1, -0.05) is 50.1 Å². The first-order valence-corrected chi connectivity index (χ1v) is 12.7. The number of hydrogen-bond donors (Lipinski definition) is 0. The number of sulfonamides is 1. The number of carbonyl (C=O) groups is 1. The van der Waals surface area contributed by atoms with Crippen LogP contribution in [0, 0.1) is 0 Å². The van der Waals surface area contributed by atoms with Crippen molar-refractivity contribution in [2.45, 2.75) is 51.8 Å². The van der Waals surface area contributed by atoms with Crippen LogP contribution in [0.1, 0.15) is 38.7 Å². The lowest BCUT2D eigenvalue weighted by molar-refractivity contribution is -0.148. The van der Waals surface area contributed by atoms with Crippen molar-refractivity contribution in [3.63, 3.8) is 0 Å². The van der Waals surface area contributed by atoms with Crippen LogP contribution in [0.4, 0.5) is 0 Å². The zero-order chi connectivity index (χ0) is 21.6. The summed E-state index contributed by atoms with van der Waals surface area (Å²) in [5, 5.41) is 0. The van der Waals surface area contributed by atoms with Gasteiger partial charge in [-0.25, -0.2) is 8.42 Å². The van der Waals surface area contributed by atoms with E-state index in [1.165, 1.54) is 12.5 Å². The van der Waals surface area contributed by atoms with E-state index in [4.69, 9.17) is 4.74 Å². The number of carbonyl (C=O) groups excluding carboxylic acids is 1. The normalized spacial score (nSPS) is 24.2. The quantitative estimate of drug-likeness (QED) is 0.434. The summed E-state index contributed by atoms with van der Waals surface area (Å²) in [5.74, 6) is -0.0192. The van der Waals surface area contributed by atoms with E-state index in [1.807, 2.05) is 18.2 Å². The van der Waals surface area contributed by atoms with Gasteiger partial charge in [-0.3, -0.25) is 14.6 Å². The van der Waals surface area contributed by atoms with Crippen LogP contribution in [0.5, 0.6) is 0 Å². The second-order valence-corrected chi connectivity index (χ2v) is 10.4. The lowest BCUT2D eigenvalue weighted by Gasteiger charge is -2.38. The standard InChI is InChI=1S/C22H35N3O4S/c1-3-4-8-15-30(27,28)25-13-11-24(12-14-25)21-17-23(18-22(21)29-19(2)26)16-20-9-6-5-7-10-20/h5-7,9-10,21-22H,3-4,8,11-18H2,1-2H3/t21-,22-/m1/s1. The number of nitrogens with zero attached hydrogens (tertiary/aromatic N) is 3.